The summed E-state index contributed by atoms with van der Waals surface area (Å²) >= 11 is 0. The normalized spacial score (nSPS) is 10.8. The van der Waals surface area contributed by atoms with Crippen molar-refractivity contribution in [2.24, 2.45) is 0 Å². The Kier molecular flexibility index (Phi) is 2.67. The zero-order valence-electron chi connectivity index (χ0n) is 7.56. The Balaban J connectivity index is 3.15. The Hall–Kier alpha value is -1.36. The van der Waals surface area contributed by atoms with Crippen LogP contribution in [0.1, 0.15) is 36.2 Å². The molecule has 0 bridgehead atoms. The van der Waals surface area contributed by atoms with Crippen LogP contribution in [0.2, 0.25) is 0 Å². The fourth-order valence-electron chi connectivity index (χ4n) is 1.07. The van der Waals surface area contributed by atoms with Gasteiger partial charge in [-0.2, -0.15) is 0 Å². The number of aliphatic hydroxyl groups is 1. The third kappa shape index (κ3) is 1.86. The van der Waals surface area contributed by atoms with Gasteiger partial charge in [-0.1, -0.05) is 0 Å². The Morgan fingerprint density at radius 2 is 2.31 bits per heavy atom. The average molecular weight is 184 g/mol. The predicted octanol–water partition coefficient (Wildman–Crippen LogP) is 0.655. The SMILES string of the molecule is CC(C)n1cc(CO)nc1C(=O)O. The van der Waals surface area contributed by atoms with Crippen LogP contribution in [0.4, 0.5) is 0 Å². The van der Waals surface area contributed by atoms with E-state index in [-0.39, 0.29) is 18.5 Å². The van der Waals surface area contributed by atoms with Gasteiger partial charge in [-0.3, -0.25) is 0 Å². The number of rotatable bonds is 3. The highest BCUT2D eigenvalue weighted by atomic mass is 16.4. The number of imidazole rings is 1. The van der Waals surface area contributed by atoms with E-state index in [1.165, 1.54) is 4.57 Å². The maximum absolute atomic E-state index is 10.7. The number of nitrogens with zero attached hydrogens (tertiary/aromatic N) is 2. The molecule has 0 radical (unpaired) electrons. The lowest BCUT2D eigenvalue weighted by Gasteiger charge is -2.07. The summed E-state index contributed by atoms with van der Waals surface area (Å²) in [6.07, 6.45) is 1.55. The second kappa shape index (κ2) is 3.57. The van der Waals surface area contributed by atoms with Gasteiger partial charge in [0.05, 0.1) is 12.3 Å². The number of aromatic carboxylic acids is 1. The van der Waals surface area contributed by atoms with Crippen LogP contribution in [0.15, 0.2) is 6.20 Å². The zero-order chi connectivity index (χ0) is 10.0. The van der Waals surface area contributed by atoms with E-state index in [9.17, 15) is 4.79 Å². The fraction of sp³-hybridized carbons (Fsp3) is 0.500. The average Bonchev–Trinajstić information content (AvgIpc) is 2.47. The van der Waals surface area contributed by atoms with Crippen molar-refractivity contribution in [3.05, 3.63) is 17.7 Å². The predicted molar refractivity (Wildman–Crippen MR) is 45.5 cm³/mol. The first-order valence-electron chi connectivity index (χ1n) is 3.98. The molecule has 72 valence electrons. The first-order valence-corrected chi connectivity index (χ1v) is 3.98. The van der Waals surface area contributed by atoms with E-state index in [0.29, 0.717) is 5.69 Å². The quantitative estimate of drug-likeness (QED) is 0.723. The molecule has 1 rings (SSSR count). The number of carboxylic acid groups (broad SMARTS) is 1. The molecule has 0 saturated heterocycles. The summed E-state index contributed by atoms with van der Waals surface area (Å²) in [5, 5.41) is 17.5. The molecule has 0 aliphatic carbocycles. The molecule has 0 amide bonds. The van der Waals surface area contributed by atoms with Crippen LogP contribution in [0, 0.1) is 0 Å². The fourth-order valence-corrected chi connectivity index (χ4v) is 1.07. The van der Waals surface area contributed by atoms with Gasteiger partial charge < -0.3 is 14.8 Å². The van der Waals surface area contributed by atoms with E-state index >= 15 is 0 Å². The maximum Gasteiger partial charge on any atom is 0.372 e. The monoisotopic (exact) mass is 184 g/mol. The first kappa shape index (κ1) is 9.73. The second-order valence-electron chi connectivity index (χ2n) is 3.02. The molecule has 0 aliphatic rings. The molecular weight excluding hydrogens is 172 g/mol. The minimum absolute atomic E-state index is 0.0268. The third-order valence-corrected chi connectivity index (χ3v) is 1.69. The smallest absolute Gasteiger partial charge is 0.372 e. The molecule has 1 aromatic heterocycles. The molecule has 0 aromatic carbocycles. The number of aliphatic hydroxyl groups excluding tert-OH is 1. The highest BCUT2D eigenvalue weighted by Gasteiger charge is 2.15. The van der Waals surface area contributed by atoms with E-state index in [1.54, 1.807) is 6.20 Å². The summed E-state index contributed by atoms with van der Waals surface area (Å²) in [5.41, 5.74) is 0.381. The van der Waals surface area contributed by atoms with Gasteiger partial charge in [-0.15, -0.1) is 0 Å². The van der Waals surface area contributed by atoms with Crippen LogP contribution in [0.5, 0.6) is 0 Å². The van der Waals surface area contributed by atoms with Gasteiger partial charge in [0, 0.05) is 12.2 Å². The van der Waals surface area contributed by atoms with Crippen molar-refractivity contribution in [1.29, 1.82) is 0 Å². The topological polar surface area (TPSA) is 75.3 Å². The molecule has 1 aromatic rings. The number of aromatic nitrogens is 2. The highest BCUT2D eigenvalue weighted by Crippen LogP contribution is 2.11. The Morgan fingerprint density at radius 3 is 2.62 bits per heavy atom. The lowest BCUT2D eigenvalue weighted by molar-refractivity contribution is 0.0676. The molecule has 0 spiro atoms. The van der Waals surface area contributed by atoms with E-state index in [1.807, 2.05) is 13.8 Å². The highest BCUT2D eigenvalue weighted by molar-refractivity contribution is 5.83. The number of carbonyl (C=O) groups is 1. The molecule has 5 nitrogen and oxygen atoms in total. The van der Waals surface area contributed by atoms with Crippen LogP contribution in [-0.4, -0.2) is 25.7 Å². The van der Waals surface area contributed by atoms with Gasteiger partial charge in [-0.25, -0.2) is 9.78 Å². The van der Waals surface area contributed by atoms with Gasteiger partial charge in [0.15, 0.2) is 0 Å². The minimum atomic E-state index is -1.08. The van der Waals surface area contributed by atoms with Gasteiger partial charge in [0.2, 0.25) is 5.82 Å². The van der Waals surface area contributed by atoms with Gasteiger partial charge in [-0.05, 0) is 13.8 Å². The molecule has 0 atom stereocenters. The molecule has 1 heterocycles. The van der Waals surface area contributed by atoms with E-state index < -0.39 is 5.97 Å². The van der Waals surface area contributed by atoms with Crippen LogP contribution in [0.25, 0.3) is 0 Å². The molecule has 2 N–H and O–H groups in total. The maximum atomic E-state index is 10.7. The van der Waals surface area contributed by atoms with Crippen LogP contribution < -0.4 is 0 Å². The van der Waals surface area contributed by atoms with Crippen molar-refractivity contribution in [2.75, 3.05) is 0 Å². The van der Waals surface area contributed by atoms with Crippen LogP contribution in [0.3, 0.4) is 0 Å². The summed E-state index contributed by atoms with van der Waals surface area (Å²) in [7, 11) is 0. The number of hydrogen-bond acceptors (Lipinski definition) is 3. The number of carboxylic acids is 1. The van der Waals surface area contributed by atoms with E-state index in [2.05, 4.69) is 4.98 Å². The molecule has 13 heavy (non-hydrogen) atoms. The molecule has 5 heteroatoms. The van der Waals surface area contributed by atoms with Crippen molar-refractivity contribution >= 4 is 5.97 Å². The van der Waals surface area contributed by atoms with Crippen molar-refractivity contribution < 1.29 is 15.0 Å². The molecule has 0 fully saturated rings. The summed E-state index contributed by atoms with van der Waals surface area (Å²) in [5.74, 6) is -1.10. The van der Waals surface area contributed by atoms with Crippen LogP contribution in [-0.2, 0) is 6.61 Å². The first-order chi connectivity index (χ1) is 6.06. The summed E-state index contributed by atoms with van der Waals surface area (Å²) in [4.78, 5) is 14.5. The van der Waals surface area contributed by atoms with Crippen LogP contribution >= 0.6 is 0 Å². The Bertz CT molecular complexity index is 317. The van der Waals surface area contributed by atoms with Crippen molar-refractivity contribution in [1.82, 2.24) is 9.55 Å². The molecule has 0 aliphatic heterocycles. The molecular formula is C8H12N2O3. The lowest BCUT2D eigenvalue weighted by Crippen LogP contribution is -2.10. The van der Waals surface area contributed by atoms with E-state index in [0.717, 1.165) is 0 Å². The summed E-state index contributed by atoms with van der Waals surface area (Å²) in [6.45, 7) is 3.48. The van der Waals surface area contributed by atoms with Gasteiger partial charge in [0.1, 0.15) is 0 Å². The lowest BCUT2D eigenvalue weighted by atomic mass is 10.4. The third-order valence-electron chi connectivity index (χ3n) is 1.69. The van der Waals surface area contributed by atoms with E-state index in [4.69, 9.17) is 10.2 Å². The molecule has 0 unspecified atom stereocenters. The van der Waals surface area contributed by atoms with Crippen molar-refractivity contribution in [3.63, 3.8) is 0 Å². The molecule has 0 saturated carbocycles. The summed E-state index contributed by atoms with van der Waals surface area (Å²) < 4.78 is 1.52. The van der Waals surface area contributed by atoms with Gasteiger partial charge in [0.25, 0.3) is 0 Å². The largest absolute Gasteiger partial charge is 0.475 e. The van der Waals surface area contributed by atoms with Gasteiger partial charge >= 0.3 is 5.97 Å². The van der Waals surface area contributed by atoms with Crippen molar-refractivity contribution in [2.45, 2.75) is 26.5 Å². The number of hydrogen-bond donors (Lipinski definition) is 2. The Labute approximate surface area is 75.6 Å². The minimum Gasteiger partial charge on any atom is -0.475 e. The Morgan fingerprint density at radius 1 is 1.69 bits per heavy atom. The standard InChI is InChI=1S/C8H12N2O3/c1-5(2)10-3-6(4-11)9-7(10)8(12)13/h3,5,11H,4H2,1-2H3,(H,12,13). The second-order valence-corrected chi connectivity index (χ2v) is 3.02. The zero-order valence-corrected chi connectivity index (χ0v) is 7.56. The van der Waals surface area contributed by atoms with Crippen molar-refractivity contribution in [3.8, 4) is 0 Å². The summed E-state index contributed by atoms with van der Waals surface area (Å²) in [6, 6.07) is 0.0268.